The Morgan fingerprint density at radius 3 is 2.57 bits per heavy atom. The molecule has 3 aliphatic carbocycles. The number of hydrogen-bond donors (Lipinski definition) is 0. The summed E-state index contributed by atoms with van der Waals surface area (Å²) in [5, 5.41) is 0. The molecule has 6 atom stereocenters. The highest BCUT2D eigenvalue weighted by molar-refractivity contribution is 5.72. The summed E-state index contributed by atoms with van der Waals surface area (Å²) in [5.74, 6) is 3.56. The summed E-state index contributed by atoms with van der Waals surface area (Å²) >= 11 is 0. The Bertz CT molecular complexity index is 425. The third-order valence-corrected chi connectivity index (χ3v) is 7.13. The van der Waals surface area contributed by atoms with Crippen LogP contribution in [0.5, 0.6) is 0 Å². The second kappa shape index (κ2) is 4.99. The quantitative estimate of drug-likeness (QED) is 0.695. The van der Waals surface area contributed by atoms with Crippen molar-refractivity contribution in [1.82, 2.24) is 0 Å². The van der Waals surface area contributed by atoms with Gasteiger partial charge < -0.3 is 4.74 Å². The first-order valence-electron chi connectivity index (χ1n) is 9.03. The average molecular weight is 292 g/mol. The number of carbonyl (C=O) groups is 1. The maximum atomic E-state index is 12.3. The van der Waals surface area contributed by atoms with Crippen LogP contribution in [0.15, 0.2) is 0 Å². The van der Waals surface area contributed by atoms with Gasteiger partial charge in [-0.05, 0) is 69.1 Å². The van der Waals surface area contributed by atoms with Crippen LogP contribution < -0.4 is 0 Å². The van der Waals surface area contributed by atoms with E-state index in [9.17, 15) is 4.79 Å². The summed E-state index contributed by atoms with van der Waals surface area (Å²) in [4.78, 5) is 12.3. The van der Waals surface area contributed by atoms with Crippen molar-refractivity contribution in [3.63, 3.8) is 0 Å². The molecule has 3 rings (SSSR count). The number of ether oxygens (including phenoxy) is 1. The van der Waals surface area contributed by atoms with Gasteiger partial charge in [0.1, 0.15) is 5.60 Å². The maximum Gasteiger partial charge on any atom is 0.308 e. The Labute approximate surface area is 130 Å². The van der Waals surface area contributed by atoms with Gasteiger partial charge in [-0.3, -0.25) is 4.79 Å². The fraction of sp³-hybridized carbons (Fsp3) is 0.947. The standard InChI is InChI=1S/C19H32O2/c1-6-18(5,21-17(20)12(2)3)19-9-13(4)7-14-8-15(10-19)16(14)11-19/h12-16H,6-11H2,1-5H3. The van der Waals surface area contributed by atoms with Crippen LogP contribution in [0.1, 0.15) is 73.1 Å². The zero-order chi connectivity index (χ0) is 15.4. The molecule has 0 aliphatic heterocycles. The molecule has 2 nitrogen and oxygen atoms in total. The minimum absolute atomic E-state index is 0.0126. The lowest BCUT2D eigenvalue weighted by molar-refractivity contribution is -0.181. The summed E-state index contributed by atoms with van der Waals surface area (Å²) in [6.45, 7) is 10.7. The Kier molecular flexibility index (Phi) is 3.65. The molecule has 0 amide bonds. The van der Waals surface area contributed by atoms with E-state index in [2.05, 4.69) is 20.8 Å². The number of fused-ring (bicyclic) bond motifs is 1. The summed E-state index contributed by atoms with van der Waals surface area (Å²) in [7, 11) is 0. The maximum absolute atomic E-state index is 12.3. The van der Waals surface area contributed by atoms with Crippen LogP contribution in [0.4, 0.5) is 0 Å². The third kappa shape index (κ3) is 2.24. The highest BCUT2D eigenvalue weighted by Gasteiger charge is 2.63. The molecule has 0 spiro atoms. The SMILES string of the molecule is CCC(C)(OC(=O)C(C)C)C12CC(C)CC3CC(C1)C3C2. The molecule has 3 fully saturated rings. The monoisotopic (exact) mass is 292 g/mol. The molecule has 0 N–H and O–H groups in total. The zero-order valence-corrected chi connectivity index (χ0v) is 14.4. The molecule has 0 aromatic rings. The van der Waals surface area contributed by atoms with Gasteiger partial charge in [0.15, 0.2) is 0 Å². The van der Waals surface area contributed by atoms with Gasteiger partial charge in [0.2, 0.25) is 0 Å². The molecule has 0 aromatic heterocycles. The van der Waals surface area contributed by atoms with Gasteiger partial charge >= 0.3 is 5.97 Å². The predicted molar refractivity (Wildman–Crippen MR) is 84.8 cm³/mol. The molecular formula is C19H32O2. The number of esters is 1. The fourth-order valence-corrected chi connectivity index (χ4v) is 5.78. The van der Waals surface area contributed by atoms with Crippen molar-refractivity contribution in [3.8, 4) is 0 Å². The van der Waals surface area contributed by atoms with Gasteiger partial charge in [0.05, 0.1) is 5.92 Å². The van der Waals surface area contributed by atoms with E-state index < -0.39 is 0 Å². The van der Waals surface area contributed by atoms with Crippen molar-refractivity contribution in [2.24, 2.45) is 35.0 Å². The van der Waals surface area contributed by atoms with E-state index in [0.29, 0.717) is 0 Å². The minimum atomic E-state index is -0.269. The molecule has 21 heavy (non-hydrogen) atoms. The topological polar surface area (TPSA) is 26.3 Å². The Balaban J connectivity index is 1.89. The lowest BCUT2D eigenvalue weighted by atomic mass is 9.61. The van der Waals surface area contributed by atoms with Gasteiger partial charge in [-0.2, -0.15) is 0 Å². The van der Waals surface area contributed by atoms with Gasteiger partial charge in [-0.1, -0.05) is 27.7 Å². The first-order valence-corrected chi connectivity index (χ1v) is 9.03. The fourth-order valence-electron chi connectivity index (χ4n) is 5.78. The molecule has 6 unspecified atom stereocenters. The van der Waals surface area contributed by atoms with Crippen molar-refractivity contribution in [3.05, 3.63) is 0 Å². The lowest BCUT2D eigenvalue weighted by Crippen LogP contribution is -2.49. The molecule has 3 saturated carbocycles. The van der Waals surface area contributed by atoms with Gasteiger partial charge in [-0.15, -0.1) is 0 Å². The lowest BCUT2D eigenvalue weighted by Gasteiger charge is -2.48. The molecule has 2 heteroatoms. The zero-order valence-electron chi connectivity index (χ0n) is 14.4. The Morgan fingerprint density at radius 2 is 1.95 bits per heavy atom. The van der Waals surface area contributed by atoms with Gasteiger partial charge in [0, 0.05) is 5.41 Å². The van der Waals surface area contributed by atoms with E-state index in [0.717, 1.165) is 30.1 Å². The van der Waals surface area contributed by atoms with E-state index in [4.69, 9.17) is 4.74 Å². The van der Waals surface area contributed by atoms with Crippen LogP contribution >= 0.6 is 0 Å². The molecule has 3 aliphatic rings. The smallest absolute Gasteiger partial charge is 0.308 e. The first-order chi connectivity index (χ1) is 9.80. The van der Waals surface area contributed by atoms with Crippen LogP contribution in [-0.4, -0.2) is 11.6 Å². The largest absolute Gasteiger partial charge is 0.459 e. The van der Waals surface area contributed by atoms with E-state index in [-0.39, 0.29) is 22.9 Å². The Hall–Kier alpha value is -0.530. The van der Waals surface area contributed by atoms with E-state index in [1.165, 1.54) is 32.1 Å². The van der Waals surface area contributed by atoms with Gasteiger partial charge in [0.25, 0.3) is 0 Å². The normalized spacial score (nSPS) is 43.9. The van der Waals surface area contributed by atoms with Crippen molar-refractivity contribution >= 4 is 5.97 Å². The average Bonchev–Trinajstić information content (AvgIpc) is 2.62. The molecular weight excluding hydrogens is 260 g/mol. The summed E-state index contributed by atoms with van der Waals surface area (Å²) < 4.78 is 6.14. The predicted octanol–water partition coefficient (Wildman–Crippen LogP) is 4.82. The minimum Gasteiger partial charge on any atom is -0.459 e. The van der Waals surface area contributed by atoms with Crippen LogP contribution in [-0.2, 0) is 9.53 Å². The highest BCUT2D eigenvalue weighted by atomic mass is 16.6. The molecule has 0 saturated heterocycles. The molecule has 0 aromatic carbocycles. The number of rotatable bonds is 4. The number of hydrogen-bond acceptors (Lipinski definition) is 2. The van der Waals surface area contributed by atoms with Crippen LogP contribution in [0, 0.1) is 35.0 Å². The van der Waals surface area contributed by atoms with E-state index in [1.54, 1.807) is 0 Å². The third-order valence-electron chi connectivity index (χ3n) is 7.13. The first kappa shape index (κ1) is 15.4. The summed E-state index contributed by atoms with van der Waals surface area (Å²) in [6.07, 6.45) is 7.65. The molecule has 120 valence electrons. The van der Waals surface area contributed by atoms with Crippen LogP contribution in [0.3, 0.4) is 0 Å². The van der Waals surface area contributed by atoms with Crippen molar-refractivity contribution in [2.45, 2.75) is 78.7 Å². The second-order valence-electron chi connectivity index (χ2n) is 8.81. The van der Waals surface area contributed by atoms with Crippen molar-refractivity contribution in [1.29, 1.82) is 0 Å². The van der Waals surface area contributed by atoms with Crippen LogP contribution in [0.25, 0.3) is 0 Å². The molecule has 2 bridgehead atoms. The summed E-state index contributed by atoms with van der Waals surface area (Å²) in [5.41, 5.74) is -0.0266. The van der Waals surface area contributed by atoms with Gasteiger partial charge in [-0.25, -0.2) is 0 Å². The Morgan fingerprint density at radius 1 is 1.24 bits per heavy atom. The van der Waals surface area contributed by atoms with E-state index in [1.807, 2.05) is 13.8 Å². The molecule has 0 heterocycles. The van der Waals surface area contributed by atoms with Crippen LogP contribution in [0.2, 0.25) is 0 Å². The summed E-state index contributed by atoms with van der Waals surface area (Å²) in [6, 6.07) is 0. The highest BCUT2D eigenvalue weighted by Crippen LogP contribution is 2.68. The second-order valence-corrected chi connectivity index (χ2v) is 8.81. The van der Waals surface area contributed by atoms with Crippen molar-refractivity contribution in [2.75, 3.05) is 0 Å². The van der Waals surface area contributed by atoms with Crippen molar-refractivity contribution < 1.29 is 9.53 Å². The van der Waals surface area contributed by atoms with E-state index >= 15 is 0 Å². The molecule has 0 radical (unpaired) electrons. The number of carbonyl (C=O) groups excluding carboxylic acids is 1.